The van der Waals surface area contributed by atoms with Crippen molar-refractivity contribution in [1.82, 2.24) is 4.98 Å². The van der Waals surface area contributed by atoms with E-state index in [9.17, 15) is 17.6 Å². The molecule has 1 heterocycles. The molecule has 1 rings (SSSR count). The van der Waals surface area contributed by atoms with Gasteiger partial charge in [0, 0.05) is 5.56 Å². The second kappa shape index (κ2) is 5.17. The molecule has 1 aromatic heterocycles. The van der Waals surface area contributed by atoms with Crippen LogP contribution in [0.25, 0.3) is 0 Å². The molecule has 96 valence electrons. The largest absolute Gasteiger partial charge is 0.481 e. The molecule has 0 atom stereocenters. The van der Waals surface area contributed by atoms with Crippen molar-refractivity contribution < 1.29 is 32.1 Å². The first kappa shape index (κ1) is 13.5. The first-order valence-corrected chi connectivity index (χ1v) is 4.41. The highest BCUT2D eigenvalue weighted by Gasteiger charge is 2.29. The summed E-state index contributed by atoms with van der Waals surface area (Å²) in [6.45, 7) is -2.20. The normalized spacial score (nSPS) is 11.4. The van der Waals surface area contributed by atoms with Gasteiger partial charge in [-0.2, -0.15) is 18.2 Å². The minimum atomic E-state index is -4.59. The maximum absolute atomic E-state index is 13.2. The number of aromatic nitrogens is 1. The maximum Gasteiger partial charge on any atom is 0.422 e. The number of pyridine rings is 1. The highest BCUT2D eigenvalue weighted by atomic mass is 19.4. The molecule has 0 aromatic carbocycles. The van der Waals surface area contributed by atoms with E-state index in [2.05, 4.69) is 14.5 Å². The molecule has 0 spiro atoms. The first-order valence-electron chi connectivity index (χ1n) is 4.41. The van der Waals surface area contributed by atoms with Gasteiger partial charge >= 0.3 is 6.18 Å². The van der Waals surface area contributed by atoms with Gasteiger partial charge in [-0.15, -0.1) is 0 Å². The smallest absolute Gasteiger partial charge is 0.422 e. The summed E-state index contributed by atoms with van der Waals surface area (Å²) in [7, 11) is 1.19. The Balaban J connectivity index is 2.93. The molecule has 0 saturated carbocycles. The third kappa shape index (κ3) is 3.74. The third-order valence-electron chi connectivity index (χ3n) is 1.72. The highest BCUT2D eigenvalue weighted by Crippen LogP contribution is 2.25. The van der Waals surface area contributed by atoms with Crippen LogP contribution in [0.1, 0.15) is 5.56 Å². The third-order valence-corrected chi connectivity index (χ3v) is 1.72. The van der Waals surface area contributed by atoms with Gasteiger partial charge in [0.05, 0.1) is 13.7 Å². The van der Waals surface area contributed by atoms with Crippen LogP contribution in [-0.2, 0) is 6.61 Å². The van der Waals surface area contributed by atoms with Crippen molar-refractivity contribution in [3.8, 4) is 11.8 Å². The van der Waals surface area contributed by atoms with E-state index in [0.29, 0.717) is 0 Å². The summed E-state index contributed by atoms with van der Waals surface area (Å²) in [6, 6.07) is 0.803. The number of hydrogen-bond donors (Lipinski definition) is 1. The van der Waals surface area contributed by atoms with Crippen molar-refractivity contribution in [2.45, 2.75) is 12.8 Å². The zero-order chi connectivity index (χ0) is 13.1. The van der Waals surface area contributed by atoms with Crippen LogP contribution in [0.3, 0.4) is 0 Å². The first-order chi connectivity index (χ1) is 7.87. The minimum absolute atomic E-state index is 0.0179. The lowest BCUT2D eigenvalue weighted by Gasteiger charge is -2.11. The van der Waals surface area contributed by atoms with Gasteiger partial charge in [-0.25, -0.2) is 4.39 Å². The van der Waals surface area contributed by atoms with Crippen molar-refractivity contribution >= 4 is 0 Å². The minimum Gasteiger partial charge on any atom is -0.481 e. The highest BCUT2D eigenvalue weighted by molar-refractivity contribution is 5.31. The summed E-state index contributed by atoms with van der Waals surface area (Å²) in [5.74, 6) is -2.11. The number of rotatable bonds is 4. The Kier molecular flexibility index (Phi) is 4.11. The Morgan fingerprint density at radius 1 is 1.35 bits per heavy atom. The maximum atomic E-state index is 13.2. The Morgan fingerprint density at radius 3 is 2.47 bits per heavy atom. The van der Waals surface area contributed by atoms with Crippen molar-refractivity contribution in [1.29, 1.82) is 0 Å². The van der Waals surface area contributed by atoms with E-state index < -0.39 is 31.1 Å². The van der Waals surface area contributed by atoms with Crippen molar-refractivity contribution in [2.24, 2.45) is 0 Å². The molecular formula is C9H9F4NO3. The SMILES string of the molecule is COc1nc(OCC(F)(F)F)c(F)cc1CO. The Bertz CT molecular complexity index is 395. The second-order valence-electron chi connectivity index (χ2n) is 3.01. The summed E-state index contributed by atoms with van der Waals surface area (Å²) >= 11 is 0. The van der Waals surface area contributed by atoms with E-state index in [0.717, 1.165) is 6.07 Å². The molecule has 0 aliphatic rings. The fourth-order valence-corrected chi connectivity index (χ4v) is 1.04. The van der Waals surface area contributed by atoms with Gasteiger partial charge in [-0.1, -0.05) is 0 Å². The number of aliphatic hydroxyl groups excluding tert-OH is 1. The number of halogens is 4. The van der Waals surface area contributed by atoms with E-state index in [-0.39, 0.29) is 11.4 Å². The van der Waals surface area contributed by atoms with Gasteiger partial charge in [0.2, 0.25) is 5.88 Å². The van der Waals surface area contributed by atoms with Crippen molar-refractivity contribution in [2.75, 3.05) is 13.7 Å². The summed E-state index contributed by atoms with van der Waals surface area (Å²) in [5.41, 5.74) is 0.0179. The average Bonchev–Trinajstić information content (AvgIpc) is 2.25. The van der Waals surface area contributed by atoms with Gasteiger partial charge in [-0.05, 0) is 6.07 Å². The molecule has 0 bridgehead atoms. The molecule has 0 aliphatic heterocycles. The van der Waals surface area contributed by atoms with E-state index in [1.165, 1.54) is 7.11 Å². The zero-order valence-corrected chi connectivity index (χ0v) is 8.71. The topological polar surface area (TPSA) is 51.6 Å². The van der Waals surface area contributed by atoms with Gasteiger partial charge in [-0.3, -0.25) is 0 Å². The standard InChI is InChI=1S/C9H9F4NO3/c1-16-7-5(3-15)2-6(10)8(14-7)17-4-9(11,12)13/h2,15H,3-4H2,1H3. The van der Waals surface area contributed by atoms with Gasteiger partial charge in [0.1, 0.15) is 0 Å². The Hall–Kier alpha value is -1.57. The van der Waals surface area contributed by atoms with E-state index >= 15 is 0 Å². The average molecular weight is 255 g/mol. The number of ether oxygens (including phenoxy) is 2. The lowest BCUT2D eigenvalue weighted by atomic mass is 10.3. The van der Waals surface area contributed by atoms with Crippen LogP contribution in [-0.4, -0.2) is 30.0 Å². The monoisotopic (exact) mass is 255 g/mol. The number of aliphatic hydroxyl groups is 1. The van der Waals surface area contributed by atoms with Crippen molar-refractivity contribution in [3.05, 3.63) is 17.4 Å². The van der Waals surface area contributed by atoms with E-state index in [1.807, 2.05) is 0 Å². The quantitative estimate of drug-likeness (QED) is 0.831. The van der Waals surface area contributed by atoms with E-state index in [1.54, 1.807) is 0 Å². The molecule has 17 heavy (non-hydrogen) atoms. The van der Waals surface area contributed by atoms with Crippen LogP contribution >= 0.6 is 0 Å². The van der Waals surface area contributed by atoms with Crippen LogP contribution < -0.4 is 9.47 Å². The summed E-state index contributed by atoms with van der Waals surface area (Å²) in [4.78, 5) is 3.39. The van der Waals surface area contributed by atoms with E-state index in [4.69, 9.17) is 5.11 Å². The number of methoxy groups -OCH3 is 1. The molecule has 0 unspecified atom stereocenters. The molecule has 0 radical (unpaired) electrons. The molecule has 0 amide bonds. The molecule has 0 aliphatic carbocycles. The number of nitrogens with zero attached hydrogens (tertiary/aromatic N) is 1. The van der Waals surface area contributed by atoms with Crippen LogP contribution in [0.2, 0.25) is 0 Å². The van der Waals surface area contributed by atoms with Gasteiger partial charge in [0.15, 0.2) is 12.4 Å². The fraction of sp³-hybridized carbons (Fsp3) is 0.444. The molecule has 0 saturated heterocycles. The molecule has 1 aromatic rings. The summed E-state index contributed by atoms with van der Waals surface area (Å²) in [5, 5.41) is 8.82. The van der Waals surface area contributed by atoms with Crippen LogP contribution in [0, 0.1) is 5.82 Å². The summed E-state index contributed by atoms with van der Waals surface area (Å²) < 4.78 is 57.6. The summed E-state index contributed by atoms with van der Waals surface area (Å²) in [6.07, 6.45) is -4.59. The Labute approximate surface area is 93.8 Å². The fourth-order valence-electron chi connectivity index (χ4n) is 1.04. The number of alkyl halides is 3. The van der Waals surface area contributed by atoms with Crippen LogP contribution in [0.4, 0.5) is 17.6 Å². The van der Waals surface area contributed by atoms with Crippen LogP contribution in [0.5, 0.6) is 11.8 Å². The van der Waals surface area contributed by atoms with Crippen molar-refractivity contribution in [3.63, 3.8) is 0 Å². The molecule has 8 heteroatoms. The predicted octanol–water partition coefficient (Wildman–Crippen LogP) is 1.66. The lowest BCUT2D eigenvalue weighted by Crippen LogP contribution is -2.20. The lowest BCUT2D eigenvalue weighted by molar-refractivity contribution is -0.154. The van der Waals surface area contributed by atoms with Gasteiger partial charge in [0.25, 0.3) is 5.88 Å². The number of hydrogen-bond acceptors (Lipinski definition) is 4. The second-order valence-corrected chi connectivity index (χ2v) is 3.01. The Morgan fingerprint density at radius 2 is 2.00 bits per heavy atom. The molecule has 1 N–H and O–H groups in total. The predicted molar refractivity (Wildman–Crippen MR) is 48.2 cm³/mol. The molecular weight excluding hydrogens is 246 g/mol. The molecule has 4 nitrogen and oxygen atoms in total. The zero-order valence-electron chi connectivity index (χ0n) is 8.71. The van der Waals surface area contributed by atoms with Gasteiger partial charge < -0.3 is 14.6 Å². The molecule has 0 fully saturated rings. The van der Waals surface area contributed by atoms with Crippen LogP contribution in [0.15, 0.2) is 6.07 Å².